The number of halogens is 4. The standard InChI is InChI=1S/C15H13ClF3NO4/c16-11-3-1-9(7-10(11)15(17,18)19)2-4-13(21)20-5-6-24-8-12(20)14(22)23/h1-4,7,12H,5-6,8H2,(H,22,23). The Morgan fingerprint density at radius 1 is 1.38 bits per heavy atom. The second-order valence-corrected chi connectivity index (χ2v) is 5.44. The lowest BCUT2D eigenvalue weighted by Crippen LogP contribution is -2.52. The van der Waals surface area contributed by atoms with E-state index in [1.807, 2.05) is 0 Å². The fourth-order valence-corrected chi connectivity index (χ4v) is 2.42. The van der Waals surface area contributed by atoms with Gasteiger partial charge in [-0.3, -0.25) is 4.79 Å². The minimum absolute atomic E-state index is 0.0918. The van der Waals surface area contributed by atoms with E-state index in [1.54, 1.807) is 0 Å². The predicted octanol–water partition coefficient (Wildman–Crippen LogP) is 2.68. The number of carbonyl (C=O) groups excluding carboxylic acids is 1. The molecular weight excluding hydrogens is 351 g/mol. The lowest BCUT2D eigenvalue weighted by Gasteiger charge is -2.32. The number of hydrogen-bond donors (Lipinski definition) is 1. The summed E-state index contributed by atoms with van der Waals surface area (Å²) in [4.78, 5) is 24.3. The molecule has 1 heterocycles. The molecule has 1 aliphatic rings. The molecule has 0 aromatic heterocycles. The minimum Gasteiger partial charge on any atom is -0.480 e. The van der Waals surface area contributed by atoms with Gasteiger partial charge in [0, 0.05) is 12.6 Å². The smallest absolute Gasteiger partial charge is 0.417 e. The van der Waals surface area contributed by atoms with E-state index < -0.39 is 34.7 Å². The zero-order valence-electron chi connectivity index (χ0n) is 12.2. The summed E-state index contributed by atoms with van der Waals surface area (Å²) in [6.07, 6.45) is -2.39. The normalized spacial score (nSPS) is 18.8. The lowest BCUT2D eigenvalue weighted by atomic mass is 10.1. The van der Waals surface area contributed by atoms with E-state index in [9.17, 15) is 22.8 Å². The number of amides is 1. The molecule has 1 aromatic rings. The van der Waals surface area contributed by atoms with Crippen molar-refractivity contribution in [2.45, 2.75) is 12.2 Å². The van der Waals surface area contributed by atoms with E-state index in [1.165, 1.54) is 12.1 Å². The fourth-order valence-electron chi connectivity index (χ4n) is 2.20. The van der Waals surface area contributed by atoms with Gasteiger partial charge in [0.2, 0.25) is 5.91 Å². The molecule has 0 saturated carbocycles. The van der Waals surface area contributed by atoms with Gasteiger partial charge in [-0.05, 0) is 23.8 Å². The molecule has 1 aromatic carbocycles. The highest BCUT2D eigenvalue weighted by atomic mass is 35.5. The first kappa shape index (κ1) is 18.3. The number of alkyl halides is 3. The maximum Gasteiger partial charge on any atom is 0.417 e. The topological polar surface area (TPSA) is 66.8 Å². The minimum atomic E-state index is -4.61. The first-order valence-electron chi connectivity index (χ1n) is 6.86. The molecule has 1 atom stereocenters. The fraction of sp³-hybridized carbons (Fsp3) is 0.333. The van der Waals surface area contributed by atoms with Crippen molar-refractivity contribution in [1.29, 1.82) is 0 Å². The lowest BCUT2D eigenvalue weighted by molar-refractivity contribution is -0.156. The van der Waals surface area contributed by atoms with Gasteiger partial charge < -0.3 is 14.7 Å². The van der Waals surface area contributed by atoms with Crippen molar-refractivity contribution in [3.05, 3.63) is 40.4 Å². The Morgan fingerprint density at radius 2 is 2.08 bits per heavy atom. The molecular formula is C15H13ClF3NO4. The summed E-state index contributed by atoms with van der Waals surface area (Å²) >= 11 is 5.52. The van der Waals surface area contributed by atoms with Gasteiger partial charge in [-0.1, -0.05) is 17.7 Å². The van der Waals surface area contributed by atoms with Crippen molar-refractivity contribution in [3.63, 3.8) is 0 Å². The van der Waals surface area contributed by atoms with Gasteiger partial charge in [0.25, 0.3) is 0 Å². The highest BCUT2D eigenvalue weighted by Gasteiger charge is 2.33. The van der Waals surface area contributed by atoms with Crippen LogP contribution in [0.2, 0.25) is 5.02 Å². The average Bonchev–Trinajstić information content (AvgIpc) is 2.52. The molecule has 130 valence electrons. The number of carbonyl (C=O) groups is 2. The summed E-state index contributed by atoms with van der Waals surface area (Å²) in [7, 11) is 0. The van der Waals surface area contributed by atoms with E-state index in [0.717, 1.165) is 23.1 Å². The number of carboxylic acid groups (broad SMARTS) is 1. The Kier molecular flexibility index (Phi) is 5.51. The second-order valence-electron chi connectivity index (χ2n) is 5.03. The molecule has 24 heavy (non-hydrogen) atoms. The summed E-state index contributed by atoms with van der Waals surface area (Å²) in [5.41, 5.74) is -0.881. The maximum absolute atomic E-state index is 12.8. The number of hydrogen-bond acceptors (Lipinski definition) is 3. The van der Waals surface area contributed by atoms with Crippen molar-refractivity contribution >= 4 is 29.6 Å². The van der Waals surface area contributed by atoms with Crippen molar-refractivity contribution in [2.75, 3.05) is 19.8 Å². The number of nitrogens with zero attached hydrogens (tertiary/aromatic N) is 1. The van der Waals surface area contributed by atoms with Crippen molar-refractivity contribution < 1.29 is 32.6 Å². The number of rotatable bonds is 3. The summed E-state index contributed by atoms with van der Waals surface area (Å²) < 4.78 is 43.4. The first-order chi connectivity index (χ1) is 11.2. The van der Waals surface area contributed by atoms with Crippen LogP contribution in [0.3, 0.4) is 0 Å². The number of benzene rings is 1. The third kappa shape index (κ3) is 4.27. The van der Waals surface area contributed by atoms with Crippen LogP contribution in [0, 0.1) is 0 Å². The van der Waals surface area contributed by atoms with Gasteiger partial charge in [0.1, 0.15) is 0 Å². The Morgan fingerprint density at radius 3 is 2.71 bits per heavy atom. The molecule has 0 aliphatic carbocycles. The Balaban J connectivity index is 2.18. The summed E-state index contributed by atoms with van der Waals surface area (Å²) in [6.45, 7) is 0.158. The van der Waals surface area contributed by atoms with Crippen LogP contribution in [-0.4, -0.2) is 47.7 Å². The van der Waals surface area contributed by atoms with Crippen LogP contribution < -0.4 is 0 Å². The zero-order chi connectivity index (χ0) is 17.9. The molecule has 5 nitrogen and oxygen atoms in total. The average molecular weight is 364 g/mol. The van der Waals surface area contributed by atoms with Crippen LogP contribution in [0.1, 0.15) is 11.1 Å². The molecule has 0 spiro atoms. The molecule has 1 N–H and O–H groups in total. The van der Waals surface area contributed by atoms with Crippen LogP contribution in [0.25, 0.3) is 6.08 Å². The van der Waals surface area contributed by atoms with E-state index in [2.05, 4.69) is 0 Å². The first-order valence-corrected chi connectivity index (χ1v) is 7.24. The monoisotopic (exact) mass is 363 g/mol. The van der Waals surface area contributed by atoms with Crippen LogP contribution >= 0.6 is 11.6 Å². The van der Waals surface area contributed by atoms with Gasteiger partial charge in [-0.25, -0.2) is 4.79 Å². The maximum atomic E-state index is 12.8. The molecule has 0 bridgehead atoms. The molecule has 1 saturated heterocycles. The number of carboxylic acids is 1. The van der Waals surface area contributed by atoms with Gasteiger partial charge in [-0.15, -0.1) is 0 Å². The largest absolute Gasteiger partial charge is 0.480 e. The van der Waals surface area contributed by atoms with E-state index in [4.69, 9.17) is 21.4 Å². The van der Waals surface area contributed by atoms with E-state index in [-0.39, 0.29) is 25.3 Å². The van der Waals surface area contributed by atoms with E-state index in [0.29, 0.717) is 0 Å². The van der Waals surface area contributed by atoms with Gasteiger partial charge in [0.05, 0.1) is 23.8 Å². The third-order valence-corrected chi connectivity index (χ3v) is 3.74. The Bertz CT molecular complexity index is 675. The van der Waals surface area contributed by atoms with Gasteiger partial charge in [0.15, 0.2) is 6.04 Å². The highest BCUT2D eigenvalue weighted by molar-refractivity contribution is 6.31. The van der Waals surface area contributed by atoms with Crippen molar-refractivity contribution in [3.8, 4) is 0 Å². The summed E-state index contributed by atoms with van der Waals surface area (Å²) in [5.74, 6) is -1.82. The highest BCUT2D eigenvalue weighted by Crippen LogP contribution is 2.35. The van der Waals surface area contributed by atoms with Gasteiger partial charge in [-0.2, -0.15) is 13.2 Å². The molecule has 1 fully saturated rings. The quantitative estimate of drug-likeness (QED) is 0.838. The Labute approximate surface area is 140 Å². The molecule has 2 rings (SSSR count). The SMILES string of the molecule is O=C(O)C1COCCN1C(=O)C=Cc1ccc(Cl)c(C(F)(F)F)c1. The molecule has 1 unspecified atom stereocenters. The van der Waals surface area contributed by atoms with Gasteiger partial charge >= 0.3 is 12.1 Å². The van der Waals surface area contributed by atoms with Crippen LogP contribution in [0.15, 0.2) is 24.3 Å². The Hall–Kier alpha value is -2.06. The zero-order valence-corrected chi connectivity index (χ0v) is 13.0. The van der Waals surface area contributed by atoms with E-state index >= 15 is 0 Å². The van der Waals surface area contributed by atoms with Crippen LogP contribution in [0.4, 0.5) is 13.2 Å². The summed E-state index contributed by atoms with van der Waals surface area (Å²) in [5, 5.41) is 8.62. The number of morpholine rings is 1. The molecule has 9 heteroatoms. The van der Waals surface area contributed by atoms with Crippen LogP contribution in [0.5, 0.6) is 0 Å². The molecule has 1 aliphatic heterocycles. The predicted molar refractivity (Wildman–Crippen MR) is 79.4 cm³/mol. The summed E-state index contributed by atoms with van der Waals surface area (Å²) in [6, 6.07) is 2.12. The molecule has 1 amide bonds. The number of aliphatic carboxylic acids is 1. The van der Waals surface area contributed by atoms with Crippen LogP contribution in [-0.2, 0) is 20.5 Å². The second kappa shape index (κ2) is 7.23. The number of ether oxygens (including phenoxy) is 1. The van der Waals surface area contributed by atoms with Crippen molar-refractivity contribution in [2.24, 2.45) is 0 Å². The molecule has 0 radical (unpaired) electrons. The van der Waals surface area contributed by atoms with Crippen molar-refractivity contribution in [1.82, 2.24) is 4.90 Å². The third-order valence-electron chi connectivity index (χ3n) is 3.41.